The number of aryl methyl sites for hydroxylation is 1. The van der Waals surface area contributed by atoms with Gasteiger partial charge in [-0.15, -0.1) is 0 Å². The van der Waals surface area contributed by atoms with Crippen LogP contribution in [0.15, 0.2) is 36.7 Å². The molecule has 0 saturated heterocycles. The van der Waals surface area contributed by atoms with Gasteiger partial charge in [-0.1, -0.05) is 23.5 Å². The van der Waals surface area contributed by atoms with Crippen molar-refractivity contribution in [3.8, 4) is 0 Å². The summed E-state index contributed by atoms with van der Waals surface area (Å²) in [6, 6.07) is 8.27. The monoisotopic (exact) mass is 272 g/mol. The molecule has 4 nitrogen and oxygen atoms in total. The van der Waals surface area contributed by atoms with Crippen LogP contribution in [0.5, 0.6) is 0 Å². The fraction of sp³-hybridized carbons (Fsp3) is 0.286. The Labute approximate surface area is 116 Å². The topological polar surface area (TPSA) is 34.0 Å². The van der Waals surface area contributed by atoms with Gasteiger partial charge in [0.25, 0.3) is 0 Å². The molecule has 0 N–H and O–H groups in total. The summed E-state index contributed by atoms with van der Waals surface area (Å²) < 4.78 is 3.07. The molecule has 0 unspecified atom stereocenters. The lowest BCUT2D eigenvalue weighted by Crippen LogP contribution is -2.21. The van der Waals surface area contributed by atoms with E-state index in [1.165, 1.54) is 10.3 Å². The highest BCUT2D eigenvalue weighted by Crippen LogP contribution is 2.29. The molecular formula is C14H16N4S. The van der Waals surface area contributed by atoms with Crippen LogP contribution in [0.25, 0.3) is 10.2 Å². The molecule has 2 heterocycles. The summed E-state index contributed by atoms with van der Waals surface area (Å²) in [6.07, 6.45) is 3.96. The second kappa shape index (κ2) is 5.01. The average Bonchev–Trinajstić information content (AvgIpc) is 3.01. The summed E-state index contributed by atoms with van der Waals surface area (Å²) in [6.45, 7) is 3.95. The van der Waals surface area contributed by atoms with Crippen molar-refractivity contribution >= 4 is 26.7 Å². The molecule has 0 aliphatic heterocycles. The Bertz CT molecular complexity index is 652. The third-order valence-electron chi connectivity index (χ3n) is 3.07. The van der Waals surface area contributed by atoms with Gasteiger partial charge < -0.3 is 4.90 Å². The van der Waals surface area contributed by atoms with E-state index in [0.717, 1.165) is 23.7 Å². The number of hydrogen-bond donors (Lipinski definition) is 0. The van der Waals surface area contributed by atoms with Gasteiger partial charge in [0.15, 0.2) is 5.13 Å². The van der Waals surface area contributed by atoms with Crippen LogP contribution in [0.2, 0.25) is 0 Å². The Kier molecular flexibility index (Phi) is 3.21. The van der Waals surface area contributed by atoms with Crippen LogP contribution < -0.4 is 4.90 Å². The first-order valence-electron chi connectivity index (χ1n) is 6.34. The molecule has 0 amide bonds. The van der Waals surface area contributed by atoms with E-state index in [9.17, 15) is 0 Å². The number of aromatic nitrogens is 3. The summed E-state index contributed by atoms with van der Waals surface area (Å²) in [5.41, 5.74) is 2.29. The first kappa shape index (κ1) is 12.2. The fourth-order valence-corrected chi connectivity index (χ4v) is 3.11. The van der Waals surface area contributed by atoms with Crippen molar-refractivity contribution in [2.45, 2.75) is 13.5 Å². The summed E-state index contributed by atoms with van der Waals surface area (Å²) in [7, 11) is 1.94. The molecule has 0 aliphatic rings. The molecule has 0 fully saturated rings. The standard InChI is InChI=1S/C14H16N4S/c1-3-18(10-11-8-15-17(2)9-11)14-16-12-6-4-5-7-13(12)19-14/h4-9H,3,10H2,1-2H3. The predicted octanol–water partition coefficient (Wildman–Crippen LogP) is 3.06. The van der Waals surface area contributed by atoms with Crippen molar-refractivity contribution in [3.05, 3.63) is 42.2 Å². The van der Waals surface area contributed by atoms with Gasteiger partial charge in [0.1, 0.15) is 0 Å². The minimum Gasteiger partial charge on any atom is -0.344 e. The van der Waals surface area contributed by atoms with Crippen molar-refractivity contribution in [2.24, 2.45) is 7.05 Å². The number of fused-ring (bicyclic) bond motifs is 1. The van der Waals surface area contributed by atoms with E-state index in [2.05, 4.69) is 41.3 Å². The van der Waals surface area contributed by atoms with Crippen molar-refractivity contribution in [2.75, 3.05) is 11.4 Å². The highest BCUT2D eigenvalue weighted by Gasteiger charge is 2.11. The number of benzene rings is 1. The number of anilines is 1. The second-order valence-electron chi connectivity index (χ2n) is 4.50. The average molecular weight is 272 g/mol. The van der Waals surface area contributed by atoms with Crippen molar-refractivity contribution in [3.63, 3.8) is 0 Å². The predicted molar refractivity (Wildman–Crippen MR) is 79.6 cm³/mol. The van der Waals surface area contributed by atoms with Crippen LogP contribution in [-0.4, -0.2) is 21.3 Å². The second-order valence-corrected chi connectivity index (χ2v) is 5.51. The highest BCUT2D eigenvalue weighted by molar-refractivity contribution is 7.22. The maximum atomic E-state index is 4.70. The molecule has 19 heavy (non-hydrogen) atoms. The van der Waals surface area contributed by atoms with Crippen LogP contribution >= 0.6 is 11.3 Å². The third kappa shape index (κ3) is 2.46. The number of thiazole rings is 1. The molecular weight excluding hydrogens is 256 g/mol. The zero-order chi connectivity index (χ0) is 13.2. The highest BCUT2D eigenvalue weighted by atomic mass is 32.1. The zero-order valence-corrected chi connectivity index (χ0v) is 11.9. The summed E-state index contributed by atoms with van der Waals surface area (Å²) in [5, 5.41) is 5.29. The van der Waals surface area contributed by atoms with Gasteiger partial charge in [-0.3, -0.25) is 4.68 Å². The van der Waals surface area contributed by atoms with Crippen LogP contribution in [0.3, 0.4) is 0 Å². The molecule has 5 heteroatoms. The van der Waals surface area contributed by atoms with Gasteiger partial charge in [-0.05, 0) is 19.1 Å². The third-order valence-corrected chi connectivity index (χ3v) is 4.16. The van der Waals surface area contributed by atoms with Crippen LogP contribution in [0, 0.1) is 0 Å². The maximum absolute atomic E-state index is 4.70. The normalized spacial score (nSPS) is 11.1. The molecule has 0 bridgehead atoms. The quantitative estimate of drug-likeness (QED) is 0.732. The lowest BCUT2D eigenvalue weighted by atomic mass is 10.3. The lowest BCUT2D eigenvalue weighted by molar-refractivity contribution is 0.765. The number of rotatable bonds is 4. The summed E-state index contributed by atoms with van der Waals surface area (Å²) in [5.74, 6) is 0. The lowest BCUT2D eigenvalue weighted by Gasteiger charge is -2.18. The summed E-state index contributed by atoms with van der Waals surface area (Å²) >= 11 is 1.74. The SMILES string of the molecule is CCN(Cc1cnn(C)c1)c1nc2ccccc2s1. The van der Waals surface area contributed by atoms with Crippen LogP contribution in [0.4, 0.5) is 5.13 Å². The molecule has 0 aliphatic carbocycles. The van der Waals surface area contributed by atoms with Gasteiger partial charge in [0.2, 0.25) is 0 Å². The Morgan fingerprint density at radius 1 is 1.32 bits per heavy atom. The smallest absolute Gasteiger partial charge is 0.186 e. The number of hydrogen-bond acceptors (Lipinski definition) is 4. The van der Waals surface area contributed by atoms with Crippen molar-refractivity contribution < 1.29 is 0 Å². The molecule has 0 saturated carbocycles. The van der Waals surface area contributed by atoms with E-state index in [-0.39, 0.29) is 0 Å². The van der Waals surface area contributed by atoms with Crippen LogP contribution in [-0.2, 0) is 13.6 Å². The molecule has 0 atom stereocenters. The van der Waals surface area contributed by atoms with Gasteiger partial charge in [-0.25, -0.2) is 4.98 Å². The van der Waals surface area contributed by atoms with E-state index in [4.69, 9.17) is 4.98 Å². The largest absolute Gasteiger partial charge is 0.344 e. The Balaban J connectivity index is 1.88. The van der Waals surface area contributed by atoms with Gasteiger partial charge in [0.05, 0.1) is 16.4 Å². The van der Waals surface area contributed by atoms with E-state index < -0.39 is 0 Å². The molecule has 0 radical (unpaired) electrons. The fourth-order valence-electron chi connectivity index (χ4n) is 2.08. The van der Waals surface area contributed by atoms with Crippen LogP contribution in [0.1, 0.15) is 12.5 Å². The Morgan fingerprint density at radius 2 is 2.16 bits per heavy atom. The molecule has 0 spiro atoms. The minimum absolute atomic E-state index is 0.851. The maximum Gasteiger partial charge on any atom is 0.186 e. The number of para-hydroxylation sites is 1. The summed E-state index contributed by atoms with van der Waals surface area (Å²) in [4.78, 5) is 6.98. The number of nitrogens with zero attached hydrogens (tertiary/aromatic N) is 4. The molecule has 1 aromatic carbocycles. The minimum atomic E-state index is 0.851. The van der Waals surface area contributed by atoms with E-state index in [1.54, 1.807) is 11.3 Å². The van der Waals surface area contributed by atoms with E-state index in [0.29, 0.717) is 0 Å². The van der Waals surface area contributed by atoms with E-state index in [1.807, 2.05) is 24.0 Å². The van der Waals surface area contributed by atoms with Gasteiger partial charge in [0, 0.05) is 31.9 Å². The first-order chi connectivity index (χ1) is 9.26. The van der Waals surface area contributed by atoms with Crippen molar-refractivity contribution in [1.29, 1.82) is 0 Å². The van der Waals surface area contributed by atoms with Crippen molar-refractivity contribution in [1.82, 2.24) is 14.8 Å². The van der Waals surface area contributed by atoms with Gasteiger partial charge >= 0.3 is 0 Å². The Morgan fingerprint density at radius 3 is 2.84 bits per heavy atom. The first-order valence-corrected chi connectivity index (χ1v) is 7.16. The van der Waals surface area contributed by atoms with Gasteiger partial charge in [-0.2, -0.15) is 5.10 Å². The zero-order valence-electron chi connectivity index (χ0n) is 11.1. The molecule has 3 rings (SSSR count). The molecule has 3 aromatic rings. The molecule has 2 aromatic heterocycles. The van der Waals surface area contributed by atoms with E-state index >= 15 is 0 Å². The molecule has 98 valence electrons. The Hall–Kier alpha value is -1.88.